The Morgan fingerprint density at radius 3 is 2.75 bits per heavy atom. The number of pyridine rings is 1. The summed E-state index contributed by atoms with van der Waals surface area (Å²) in [4.78, 5) is 8.53. The van der Waals surface area contributed by atoms with Crippen LogP contribution in [0.3, 0.4) is 0 Å². The van der Waals surface area contributed by atoms with Gasteiger partial charge in [0.2, 0.25) is 0 Å². The van der Waals surface area contributed by atoms with Crippen LogP contribution in [0.15, 0.2) is 31.0 Å². The van der Waals surface area contributed by atoms with Crippen molar-refractivity contribution in [2.24, 2.45) is 5.92 Å². The fourth-order valence-electron chi connectivity index (χ4n) is 3.30. The summed E-state index contributed by atoms with van der Waals surface area (Å²) < 4.78 is 2.27. The summed E-state index contributed by atoms with van der Waals surface area (Å²) in [5, 5.41) is 0. The summed E-state index contributed by atoms with van der Waals surface area (Å²) >= 11 is 0. The van der Waals surface area contributed by atoms with Crippen LogP contribution in [0.2, 0.25) is 0 Å². The van der Waals surface area contributed by atoms with Crippen LogP contribution in [0.1, 0.15) is 45.1 Å². The zero-order chi connectivity index (χ0) is 13.9. The first-order chi connectivity index (χ1) is 9.77. The average Bonchev–Trinajstić information content (AvgIpc) is 2.97. The Morgan fingerprint density at radius 2 is 2.00 bits per heavy atom. The average molecular weight is 270 g/mol. The fraction of sp³-hybridized carbons (Fsp3) is 0.500. The van der Waals surface area contributed by atoms with Crippen molar-refractivity contribution in [3.63, 3.8) is 0 Å². The number of hydrogen-bond acceptors (Lipinski definition) is 3. The molecule has 0 spiro atoms. The maximum absolute atomic E-state index is 6.08. The third kappa shape index (κ3) is 2.42. The van der Waals surface area contributed by atoms with Crippen molar-refractivity contribution < 1.29 is 0 Å². The molecule has 4 nitrogen and oxygen atoms in total. The number of aromatic nitrogens is 3. The fourth-order valence-corrected chi connectivity index (χ4v) is 3.30. The van der Waals surface area contributed by atoms with Gasteiger partial charge in [-0.05, 0) is 31.7 Å². The first kappa shape index (κ1) is 13.2. The summed E-state index contributed by atoms with van der Waals surface area (Å²) in [5.74, 6) is 0.745. The molecule has 1 saturated carbocycles. The molecule has 0 aromatic carbocycles. The minimum Gasteiger partial charge on any atom is -0.398 e. The van der Waals surface area contributed by atoms with Gasteiger partial charge in [0.1, 0.15) is 0 Å². The van der Waals surface area contributed by atoms with E-state index < -0.39 is 0 Å². The van der Waals surface area contributed by atoms with E-state index in [1.807, 2.05) is 24.8 Å². The van der Waals surface area contributed by atoms with Gasteiger partial charge < -0.3 is 10.3 Å². The monoisotopic (exact) mass is 270 g/mol. The summed E-state index contributed by atoms with van der Waals surface area (Å²) in [6.45, 7) is 2.30. The topological polar surface area (TPSA) is 56.7 Å². The zero-order valence-electron chi connectivity index (χ0n) is 12.0. The third-order valence-electron chi connectivity index (χ3n) is 4.57. The first-order valence-corrected chi connectivity index (χ1v) is 7.49. The Hall–Kier alpha value is -1.84. The van der Waals surface area contributed by atoms with Crippen molar-refractivity contribution in [2.45, 2.75) is 45.1 Å². The molecular formula is C16H22N4. The Labute approximate surface area is 120 Å². The van der Waals surface area contributed by atoms with E-state index >= 15 is 0 Å². The van der Waals surface area contributed by atoms with Gasteiger partial charge in [-0.25, -0.2) is 4.98 Å². The second-order valence-electron chi connectivity index (χ2n) is 5.79. The van der Waals surface area contributed by atoms with Gasteiger partial charge in [0.05, 0.1) is 18.2 Å². The molecule has 2 N–H and O–H groups in total. The largest absolute Gasteiger partial charge is 0.398 e. The molecule has 1 atom stereocenters. The van der Waals surface area contributed by atoms with Gasteiger partial charge in [-0.2, -0.15) is 0 Å². The van der Waals surface area contributed by atoms with E-state index in [1.54, 1.807) is 6.20 Å². The highest BCUT2D eigenvalue weighted by Crippen LogP contribution is 2.35. The Balaban J connectivity index is 1.92. The lowest BCUT2D eigenvalue weighted by Crippen LogP contribution is -2.19. The molecule has 20 heavy (non-hydrogen) atoms. The molecule has 2 aromatic rings. The van der Waals surface area contributed by atoms with Crippen molar-refractivity contribution in [3.8, 4) is 11.3 Å². The summed E-state index contributed by atoms with van der Waals surface area (Å²) in [5.41, 5.74) is 8.90. The normalized spacial score (nSPS) is 18.1. The molecule has 0 saturated heterocycles. The van der Waals surface area contributed by atoms with Gasteiger partial charge in [-0.1, -0.05) is 19.3 Å². The van der Waals surface area contributed by atoms with E-state index in [0.717, 1.165) is 22.9 Å². The Kier molecular flexibility index (Phi) is 3.72. The maximum atomic E-state index is 6.08. The highest BCUT2D eigenvalue weighted by atomic mass is 15.1. The van der Waals surface area contributed by atoms with E-state index in [-0.39, 0.29) is 0 Å². The maximum Gasteiger partial charge on any atom is 0.0953 e. The van der Waals surface area contributed by atoms with Crippen LogP contribution in [-0.2, 0) is 0 Å². The van der Waals surface area contributed by atoms with Gasteiger partial charge >= 0.3 is 0 Å². The molecule has 1 fully saturated rings. The molecule has 2 heterocycles. The summed E-state index contributed by atoms with van der Waals surface area (Å²) in [6, 6.07) is 2.31. The molecule has 3 rings (SSSR count). The quantitative estimate of drug-likeness (QED) is 0.925. The van der Waals surface area contributed by atoms with Crippen LogP contribution in [0.5, 0.6) is 0 Å². The summed E-state index contributed by atoms with van der Waals surface area (Å²) in [6.07, 6.45) is 14.1. The lowest BCUT2D eigenvalue weighted by atomic mass is 9.84. The second kappa shape index (κ2) is 5.65. The molecule has 1 unspecified atom stereocenters. The van der Waals surface area contributed by atoms with Crippen molar-refractivity contribution in [3.05, 3.63) is 31.0 Å². The van der Waals surface area contributed by atoms with Crippen molar-refractivity contribution >= 4 is 5.69 Å². The van der Waals surface area contributed by atoms with E-state index in [4.69, 9.17) is 5.73 Å². The van der Waals surface area contributed by atoms with Crippen LogP contribution >= 0.6 is 0 Å². The predicted molar refractivity (Wildman–Crippen MR) is 81.2 cm³/mol. The van der Waals surface area contributed by atoms with E-state index in [0.29, 0.717) is 6.04 Å². The first-order valence-electron chi connectivity index (χ1n) is 7.49. The third-order valence-corrected chi connectivity index (χ3v) is 4.57. The minimum absolute atomic E-state index is 0.465. The van der Waals surface area contributed by atoms with Crippen LogP contribution < -0.4 is 5.73 Å². The number of imidazole rings is 1. The number of nitrogen functional groups attached to an aromatic ring is 1. The molecular weight excluding hydrogens is 248 g/mol. The van der Waals surface area contributed by atoms with Crippen LogP contribution in [0.25, 0.3) is 11.3 Å². The minimum atomic E-state index is 0.465. The highest BCUT2D eigenvalue weighted by molar-refractivity contribution is 5.72. The number of anilines is 1. The molecule has 106 valence electrons. The predicted octanol–water partition coefficient (Wildman–Crippen LogP) is 3.67. The SMILES string of the molecule is CC(C1CCCCC1)n1cncc1-c1cnccc1N. The summed E-state index contributed by atoms with van der Waals surface area (Å²) in [7, 11) is 0. The molecule has 0 radical (unpaired) electrons. The van der Waals surface area contributed by atoms with Crippen molar-refractivity contribution in [1.82, 2.24) is 14.5 Å². The second-order valence-corrected chi connectivity index (χ2v) is 5.79. The van der Waals surface area contributed by atoms with Gasteiger partial charge in [0, 0.05) is 29.7 Å². The number of hydrogen-bond donors (Lipinski definition) is 1. The smallest absolute Gasteiger partial charge is 0.0953 e. The van der Waals surface area contributed by atoms with Crippen LogP contribution in [0.4, 0.5) is 5.69 Å². The standard InChI is InChI=1S/C16H22N4/c1-12(13-5-3-2-4-6-13)20-11-19-10-16(20)14-9-18-8-7-15(14)17/h7-13H,2-6H2,1H3,(H2,17,18). The van der Waals surface area contributed by atoms with Crippen molar-refractivity contribution in [2.75, 3.05) is 5.73 Å². The molecule has 0 amide bonds. The molecule has 1 aliphatic rings. The highest BCUT2D eigenvalue weighted by Gasteiger charge is 2.23. The van der Waals surface area contributed by atoms with Gasteiger partial charge in [-0.3, -0.25) is 4.98 Å². The number of nitrogens with two attached hydrogens (primary N) is 1. The lowest BCUT2D eigenvalue weighted by Gasteiger charge is -2.29. The van der Waals surface area contributed by atoms with Crippen molar-refractivity contribution in [1.29, 1.82) is 0 Å². The van der Waals surface area contributed by atoms with Gasteiger partial charge in [-0.15, -0.1) is 0 Å². The van der Waals surface area contributed by atoms with Gasteiger partial charge in [0.15, 0.2) is 0 Å². The van der Waals surface area contributed by atoms with E-state index in [9.17, 15) is 0 Å². The van der Waals surface area contributed by atoms with E-state index in [1.165, 1.54) is 32.1 Å². The molecule has 2 aromatic heterocycles. The van der Waals surface area contributed by atoms with Gasteiger partial charge in [0.25, 0.3) is 0 Å². The lowest BCUT2D eigenvalue weighted by molar-refractivity contribution is 0.265. The van der Waals surface area contributed by atoms with Crippen LogP contribution in [-0.4, -0.2) is 14.5 Å². The van der Waals surface area contributed by atoms with E-state index in [2.05, 4.69) is 21.5 Å². The Morgan fingerprint density at radius 1 is 1.20 bits per heavy atom. The molecule has 0 bridgehead atoms. The number of rotatable bonds is 3. The molecule has 0 aliphatic heterocycles. The molecule has 4 heteroatoms. The zero-order valence-corrected chi connectivity index (χ0v) is 12.0. The molecule has 1 aliphatic carbocycles. The number of nitrogens with zero attached hydrogens (tertiary/aromatic N) is 3. The van der Waals surface area contributed by atoms with Crippen LogP contribution in [0, 0.1) is 5.92 Å². The Bertz CT molecular complexity index is 569.